The van der Waals surface area contributed by atoms with Crippen LogP contribution in [0.2, 0.25) is 0 Å². The normalized spacial score (nSPS) is 12.5. The van der Waals surface area contributed by atoms with Crippen molar-refractivity contribution in [3.05, 3.63) is 84.2 Å². The summed E-state index contributed by atoms with van der Waals surface area (Å²) in [6.07, 6.45) is 3.75. The third-order valence-electron chi connectivity index (χ3n) is 4.06. The number of hydrogen-bond acceptors (Lipinski definition) is 2. The van der Waals surface area contributed by atoms with Crippen LogP contribution in [0.1, 0.15) is 31.0 Å². The van der Waals surface area contributed by atoms with Gasteiger partial charge in [-0.3, -0.25) is 0 Å². The molecule has 0 saturated heterocycles. The molecule has 0 saturated carbocycles. The van der Waals surface area contributed by atoms with Gasteiger partial charge in [-0.05, 0) is 35.2 Å². The maximum absolute atomic E-state index is 4.25. The Labute approximate surface area is 138 Å². The maximum atomic E-state index is 4.25. The molecule has 1 atom stereocenters. The minimum atomic E-state index is 0.363. The summed E-state index contributed by atoms with van der Waals surface area (Å²) in [6.45, 7) is 5.37. The van der Waals surface area contributed by atoms with Gasteiger partial charge in [0.2, 0.25) is 0 Å². The highest BCUT2D eigenvalue weighted by atomic mass is 15.3. The summed E-state index contributed by atoms with van der Waals surface area (Å²) in [7, 11) is 0. The molecule has 2 aromatic carbocycles. The van der Waals surface area contributed by atoms with E-state index in [1.807, 2.05) is 16.9 Å². The molecular formula is C20H23N3. The standard InChI is InChI=1S/C20H23N3/c1-16(2)20(18-7-4-3-5-8-18)21-15-17-9-11-19(12-10-17)23-14-6-13-22-23/h3-14,16,20-21H,15H2,1-2H3. The Kier molecular flexibility index (Phi) is 4.89. The second-order valence-corrected chi connectivity index (χ2v) is 6.13. The van der Waals surface area contributed by atoms with Crippen LogP contribution in [-0.2, 0) is 6.54 Å². The molecule has 1 unspecified atom stereocenters. The molecule has 118 valence electrons. The summed E-state index contributed by atoms with van der Waals surface area (Å²) in [6, 6.07) is 21.5. The predicted molar refractivity (Wildman–Crippen MR) is 94.4 cm³/mol. The minimum absolute atomic E-state index is 0.363. The van der Waals surface area contributed by atoms with E-state index in [0.29, 0.717) is 12.0 Å². The van der Waals surface area contributed by atoms with E-state index in [0.717, 1.165) is 12.2 Å². The molecule has 23 heavy (non-hydrogen) atoms. The zero-order chi connectivity index (χ0) is 16.1. The van der Waals surface area contributed by atoms with E-state index < -0.39 is 0 Å². The molecule has 0 amide bonds. The van der Waals surface area contributed by atoms with E-state index in [1.165, 1.54) is 11.1 Å². The molecule has 1 aromatic heterocycles. The van der Waals surface area contributed by atoms with Gasteiger partial charge in [-0.15, -0.1) is 0 Å². The van der Waals surface area contributed by atoms with Crippen molar-refractivity contribution in [2.24, 2.45) is 5.92 Å². The van der Waals surface area contributed by atoms with Gasteiger partial charge in [0.15, 0.2) is 0 Å². The summed E-state index contributed by atoms with van der Waals surface area (Å²) in [5.74, 6) is 0.542. The van der Waals surface area contributed by atoms with Crippen LogP contribution in [0.25, 0.3) is 5.69 Å². The van der Waals surface area contributed by atoms with Gasteiger partial charge in [0, 0.05) is 25.0 Å². The number of nitrogens with zero attached hydrogens (tertiary/aromatic N) is 2. The third-order valence-corrected chi connectivity index (χ3v) is 4.06. The molecule has 0 aliphatic heterocycles. The summed E-state index contributed by atoms with van der Waals surface area (Å²) in [5.41, 5.74) is 3.71. The third kappa shape index (κ3) is 3.88. The Bertz CT molecular complexity index is 700. The van der Waals surface area contributed by atoms with Crippen molar-refractivity contribution in [2.75, 3.05) is 0 Å². The highest BCUT2D eigenvalue weighted by molar-refractivity contribution is 5.33. The molecular weight excluding hydrogens is 282 g/mol. The van der Waals surface area contributed by atoms with E-state index in [9.17, 15) is 0 Å². The largest absolute Gasteiger partial charge is 0.306 e. The lowest BCUT2D eigenvalue weighted by atomic mass is 9.96. The summed E-state index contributed by atoms with van der Waals surface area (Å²) in [5, 5.41) is 7.94. The first-order valence-corrected chi connectivity index (χ1v) is 8.11. The van der Waals surface area contributed by atoms with Crippen LogP contribution < -0.4 is 5.32 Å². The Morgan fingerprint density at radius 3 is 2.30 bits per heavy atom. The quantitative estimate of drug-likeness (QED) is 0.733. The van der Waals surface area contributed by atoms with Crippen LogP contribution in [0.3, 0.4) is 0 Å². The van der Waals surface area contributed by atoms with E-state index in [-0.39, 0.29) is 0 Å². The topological polar surface area (TPSA) is 29.9 Å². The SMILES string of the molecule is CC(C)C(NCc1ccc(-n2cccn2)cc1)c1ccccc1. The number of rotatable bonds is 6. The molecule has 1 N–H and O–H groups in total. The van der Waals surface area contributed by atoms with Crippen molar-refractivity contribution in [3.63, 3.8) is 0 Å². The smallest absolute Gasteiger partial charge is 0.0645 e. The van der Waals surface area contributed by atoms with Crippen molar-refractivity contribution in [3.8, 4) is 5.69 Å². The molecule has 0 aliphatic rings. The Hall–Kier alpha value is -2.39. The molecule has 0 radical (unpaired) electrons. The highest BCUT2D eigenvalue weighted by Crippen LogP contribution is 2.22. The lowest BCUT2D eigenvalue weighted by Crippen LogP contribution is -2.25. The van der Waals surface area contributed by atoms with Gasteiger partial charge < -0.3 is 5.32 Å². The van der Waals surface area contributed by atoms with E-state index >= 15 is 0 Å². The fourth-order valence-electron chi connectivity index (χ4n) is 2.81. The average Bonchev–Trinajstić information content (AvgIpc) is 3.11. The first kappa shape index (κ1) is 15.5. The molecule has 0 bridgehead atoms. The van der Waals surface area contributed by atoms with Crippen LogP contribution in [0.5, 0.6) is 0 Å². The van der Waals surface area contributed by atoms with Gasteiger partial charge in [-0.2, -0.15) is 5.10 Å². The van der Waals surface area contributed by atoms with Crippen LogP contribution in [0, 0.1) is 5.92 Å². The Balaban J connectivity index is 1.67. The molecule has 0 aliphatic carbocycles. The Morgan fingerprint density at radius 2 is 1.70 bits per heavy atom. The number of benzene rings is 2. The maximum Gasteiger partial charge on any atom is 0.0645 e. The van der Waals surface area contributed by atoms with Crippen molar-refractivity contribution in [1.82, 2.24) is 15.1 Å². The molecule has 3 nitrogen and oxygen atoms in total. The van der Waals surface area contributed by atoms with E-state index in [2.05, 4.69) is 78.9 Å². The summed E-state index contributed by atoms with van der Waals surface area (Å²) < 4.78 is 1.87. The first-order chi connectivity index (χ1) is 11.2. The number of nitrogens with one attached hydrogen (secondary N) is 1. The van der Waals surface area contributed by atoms with Gasteiger partial charge in [-0.25, -0.2) is 4.68 Å². The molecule has 0 fully saturated rings. The van der Waals surface area contributed by atoms with E-state index in [1.54, 1.807) is 6.20 Å². The Morgan fingerprint density at radius 1 is 0.957 bits per heavy atom. The molecule has 3 aromatic rings. The zero-order valence-electron chi connectivity index (χ0n) is 13.7. The van der Waals surface area contributed by atoms with Gasteiger partial charge in [0.05, 0.1) is 5.69 Å². The summed E-state index contributed by atoms with van der Waals surface area (Å²) >= 11 is 0. The predicted octanol–water partition coefficient (Wildman–Crippen LogP) is 4.36. The molecule has 3 heteroatoms. The highest BCUT2D eigenvalue weighted by Gasteiger charge is 2.14. The van der Waals surface area contributed by atoms with Gasteiger partial charge >= 0.3 is 0 Å². The first-order valence-electron chi connectivity index (χ1n) is 8.11. The van der Waals surface area contributed by atoms with Crippen LogP contribution in [0.4, 0.5) is 0 Å². The lowest BCUT2D eigenvalue weighted by Gasteiger charge is -2.23. The fraction of sp³-hybridized carbons (Fsp3) is 0.250. The monoisotopic (exact) mass is 305 g/mol. The second kappa shape index (κ2) is 7.25. The van der Waals surface area contributed by atoms with Gasteiger partial charge in [0.25, 0.3) is 0 Å². The minimum Gasteiger partial charge on any atom is -0.306 e. The van der Waals surface area contributed by atoms with Crippen LogP contribution in [0.15, 0.2) is 73.1 Å². The summed E-state index contributed by atoms with van der Waals surface area (Å²) in [4.78, 5) is 0. The van der Waals surface area contributed by atoms with Crippen molar-refractivity contribution in [2.45, 2.75) is 26.4 Å². The zero-order valence-corrected chi connectivity index (χ0v) is 13.7. The number of hydrogen-bond donors (Lipinski definition) is 1. The van der Waals surface area contributed by atoms with Gasteiger partial charge in [0.1, 0.15) is 0 Å². The van der Waals surface area contributed by atoms with Crippen molar-refractivity contribution in [1.29, 1.82) is 0 Å². The fourth-order valence-corrected chi connectivity index (χ4v) is 2.81. The number of aromatic nitrogens is 2. The van der Waals surface area contributed by atoms with Gasteiger partial charge in [-0.1, -0.05) is 56.3 Å². The average molecular weight is 305 g/mol. The van der Waals surface area contributed by atoms with Crippen LogP contribution in [-0.4, -0.2) is 9.78 Å². The van der Waals surface area contributed by atoms with Crippen LogP contribution >= 0.6 is 0 Å². The van der Waals surface area contributed by atoms with Crippen molar-refractivity contribution >= 4 is 0 Å². The van der Waals surface area contributed by atoms with Crippen molar-refractivity contribution < 1.29 is 0 Å². The second-order valence-electron chi connectivity index (χ2n) is 6.13. The molecule has 3 rings (SSSR count). The molecule has 1 heterocycles. The molecule has 0 spiro atoms. The van der Waals surface area contributed by atoms with E-state index in [4.69, 9.17) is 0 Å². The lowest BCUT2D eigenvalue weighted by molar-refractivity contribution is 0.410.